The molecule has 0 aliphatic rings. The Hall–Kier alpha value is -0.780. The van der Waals surface area contributed by atoms with Crippen molar-refractivity contribution in [1.82, 2.24) is 5.32 Å². The van der Waals surface area contributed by atoms with Gasteiger partial charge in [-0.2, -0.15) is 13.2 Å². The molecule has 1 amide bonds. The van der Waals surface area contributed by atoms with E-state index in [9.17, 15) is 18.0 Å². The van der Waals surface area contributed by atoms with E-state index in [1.54, 1.807) is 0 Å². The first-order valence-electron chi connectivity index (χ1n) is 5.22. The maximum atomic E-state index is 11.6. The molecule has 0 heterocycles. The van der Waals surface area contributed by atoms with E-state index in [-0.39, 0.29) is 19.1 Å². The van der Waals surface area contributed by atoms with E-state index < -0.39 is 12.8 Å². The minimum absolute atomic E-state index is 0.118. The number of hydrogen-bond donors (Lipinski definition) is 1. The average Bonchev–Trinajstić information content (AvgIpc) is 2.12. The summed E-state index contributed by atoms with van der Waals surface area (Å²) < 4.78 is 39.3. The van der Waals surface area contributed by atoms with Crippen LogP contribution in [-0.4, -0.2) is 31.8 Å². The Balaban J connectivity index is 3.35. The topological polar surface area (TPSA) is 38.3 Å². The molecule has 1 N–H and O–H groups in total. The van der Waals surface area contributed by atoms with Crippen LogP contribution in [-0.2, 0) is 9.53 Å². The zero-order valence-electron chi connectivity index (χ0n) is 9.56. The van der Waals surface area contributed by atoms with Crippen LogP contribution in [0.2, 0.25) is 0 Å². The van der Waals surface area contributed by atoms with E-state index in [2.05, 4.69) is 10.1 Å². The lowest BCUT2D eigenvalue weighted by Crippen LogP contribution is -2.28. The van der Waals surface area contributed by atoms with Gasteiger partial charge < -0.3 is 10.1 Å². The lowest BCUT2D eigenvalue weighted by atomic mass is 10.1. The number of nitrogens with one attached hydrogen (secondary N) is 1. The lowest BCUT2D eigenvalue weighted by Gasteiger charge is -2.09. The molecule has 0 fully saturated rings. The summed E-state index contributed by atoms with van der Waals surface area (Å²) in [6.07, 6.45) is -3.13. The van der Waals surface area contributed by atoms with Crippen LogP contribution in [0.3, 0.4) is 0 Å². The van der Waals surface area contributed by atoms with Crippen molar-refractivity contribution in [1.29, 1.82) is 0 Å². The maximum absolute atomic E-state index is 11.6. The second kappa shape index (κ2) is 7.49. The van der Waals surface area contributed by atoms with Gasteiger partial charge in [-0.1, -0.05) is 13.8 Å². The molecule has 96 valence electrons. The molecule has 0 saturated carbocycles. The SMILES string of the molecule is CC(C)CCC(=O)NCCOCC(F)(F)F. The number of ether oxygens (including phenoxy) is 1. The number of carbonyl (C=O) groups excluding carboxylic acids is 1. The molecule has 6 heteroatoms. The Morgan fingerprint density at radius 2 is 2.00 bits per heavy atom. The van der Waals surface area contributed by atoms with Crippen LogP contribution in [0, 0.1) is 5.92 Å². The van der Waals surface area contributed by atoms with Crippen molar-refractivity contribution >= 4 is 5.91 Å². The normalized spacial score (nSPS) is 11.9. The van der Waals surface area contributed by atoms with E-state index in [0.29, 0.717) is 12.3 Å². The van der Waals surface area contributed by atoms with Crippen molar-refractivity contribution in [3.05, 3.63) is 0 Å². The number of alkyl halides is 3. The predicted octanol–water partition coefficient (Wildman–Crippen LogP) is 2.12. The first kappa shape index (κ1) is 15.2. The lowest BCUT2D eigenvalue weighted by molar-refractivity contribution is -0.173. The zero-order valence-corrected chi connectivity index (χ0v) is 9.56. The molecule has 0 aromatic carbocycles. The fraction of sp³-hybridized carbons (Fsp3) is 0.900. The van der Waals surface area contributed by atoms with Gasteiger partial charge in [-0.15, -0.1) is 0 Å². The highest BCUT2D eigenvalue weighted by Crippen LogP contribution is 2.13. The van der Waals surface area contributed by atoms with Gasteiger partial charge in [0, 0.05) is 13.0 Å². The fourth-order valence-corrected chi connectivity index (χ4v) is 0.959. The number of amides is 1. The Labute approximate surface area is 93.3 Å². The van der Waals surface area contributed by atoms with E-state index in [1.165, 1.54) is 0 Å². The van der Waals surface area contributed by atoms with Crippen molar-refractivity contribution in [2.45, 2.75) is 32.9 Å². The quantitative estimate of drug-likeness (QED) is 0.693. The van der Waals surface area contributed by atoms with Crippen LogP contribution in [0.4, 0.5) is 13.2 Å². The summed E-state index contributed by atoms with van der Waals surface area (Å²) in [6.45, 7) is 2.73. The van der Waals surface area contributed by atoms with Gasteiger partial charge in [0.25, 0.3) is 0 Å². The Bertz CT molecular complexity index is 205. The molecular formula is C10H18F3NO2. The average molecular weight is 241 g/mol. The van der Waals surface area contributed by atoms with Gasteiger partial charge in [-0.25, -0.2) is 0 Å². The van der Waals surface area contributed by atoms with Gasteiger partial charge in [0.2, 0.25) is 5.91 Å². The molecule has 0 aliphatic heterocycles. The van der Waals surface area contributed by atoms with Gasteiger partial charge in [-0.05, 0) is 12.3 Å². The third-order valence-corrected chi connectivity index (χ3v) is 1.78. The van der Waals surface area contributed by atoms with Gasteiger partial charge >= 0.3 is 6.18 Å². The maximum Gasteiger partial charge on any atom is 0.411 e. The van der Waals surface area contributed by atoms with E-state index in [0.717, 1.165) is 6.42 Å². The summed E-state index contributed by atoms with van der Waals surface area (Å²) >= 11 is 0. The van der Waals surface area contributed by atoms with Crippen molar-refractivity contribution in [2.75, 3.05) is 19.8 Å². The summed E-state index contributed by atoms with van der Waals surface area (Å²) in [5.74, 6) is 0.288. The molecule has 3 nitrogen and oxygen atoms in total. The first-order chi connectivity index (χ1) is 7.31. The summed E-state index contributed by atoms with van der Waals surface area (Å²) in [6, 6.07) is 0. The highest BCUT2D eigenvalue weighted by Gasteiger charge is 2.27. The standard InChI is InChI=1S/C10H18F3NO2/c1-8(2)3-4-9(15)14-5-6-16-7-10(11,12)13/h8H,3-7H2,1-2H3,(H,14,15). The van der Waals surface area contributed by atoms with Gasteiger partial charge in [0.15, 0.2) is 0 Å². The second-order valence-corrected chi connectivity index (χ2v) is 3.95. The Morgan fingerprint density at radius 3 is 2.50 bits per heavy atom. The third kappa shape index (κ3) is 11.3. The molecule has 0 aliphatic carbocycles. The van der Waals surface area contributed by atoms with Gasteiger partial charge in [0.05, 0.1) is 6.61 Å². The third-order valence-electron chi connectivity index (χ3n) is 1.78. The van der Waals surface area contributed by atoms with Gasteiger partial charge in [-0.3, -0.25) is 4.79 Å². The molecular weight excluding hydrogens is 223 g/mol. The molecule has 0 spiro atoms. The minimum Gasteiger partial charge on any atom is -0.370 e. The van der Waals surface area contributed by atoms with Gasteiger partial charge in [0.1, 0.15) is 6.61 Å². The van der Waals surface area contributed by atoms with Crippen LogP contribution in [0.25, 0.3) is 0 Å². The molecule has 0 saturated heterocycles. The van der Waals surface area contributed by atoms with Crippen LogP contribution < -0.4 is 5.32 Å². The summed E-state index contributed by atoms with van der Waals surface area (Å²) in [5.41, 5.74) is 0. The van der Waals surface area contributed by atoms with E-state index >= 15 is 0 Å². The Morgan fingerprint density at radius 1 is 1.38 bits per heavy atom. The zero-order chi connectivity index (χ0) is 12.6. The van der Waals surface area contributed by atoms with Crippen molar-refractivity contribution < 1.29 is 22.7 Å². The number of carbonyl (C=O) groups is 1. The van der Waals surface area contributed by atoms with Crippen molar-refractivity contribution in [3.8, 4) is 0 Å². The molecule has 0 aromatic heterocycles. The number of rotatable bonds is 7. The molecule has 0 rings (SSSR count). The molecule has 16 heavy (non-hydrogen) atoms. The highest BCUT2D eigenvalue weighted by atomic mass is 19.4. The molecule has 0 aromatic rings. The molecule has 0 bridgehead atoms. The largest absolute Gasteiger partial charge is 0.411 e. The summed E-state index contributed by atoms with van der Waals surface area (Å²) in [7, 11) is 0. The number of hydrogen-bond acceptors (Lipinski definition) is 2. The highest BCUT2D eigenvalue weighted by molar-refractivity contribution is 5.75. The van der Waals surface area contributed by atoms with Crippen molar-refractivity contribution in [2.24, 2.45) is 5.92 Å². The van der Waals surface area contributed by atoms with Crippen LogP contribution in [0.1, 0.15) is 26.7 Å². The monoisotopic (exact) mass is 241 g/mol. The first-order valence-corrected chi connectivity index (χ1v) is 5.22. The fourth-order valence-electron chi connectivity index (χ4n) is 0.959. The van der Waals surface area contributed by atoms with Crippen LogP contribution in [0.5, 0.6) is 0 Å². The summed E-state index contributed by atoms with van der Waals surface area (Å²) in [4.78, 5) is 11.1. The second-order valence-electron chi connectivity index (χ2n) is 3.95. The van der Waals surface area contributed by atoms with E-state index in [1.807, 2.05) is 13.8 Å². The molecule has 0 radical (unpaired) electrons. The Kier molecular flexibility index (Phi) is 7.12. The molecule has 0 unspecified atom stereocenters. The summed E-state index contributed by atoms with van der Waals surface area (Å²) in [5, 5.41) is 2.49. The van der Waals surface area contributed by atoms with E-state index in [4.69, 9.17) is 0 Å². The number of halogens is 3. The van der Waals surface area contributed by atoms with Crippen LogP contribution >= 0.6 is 0 Å². The minimum atomic E-state index is -4.30. The molecule has 0 atom stereocenters. The van der Waals surface area contributed by atoms with Crippen LogP contribution in [0.15, 0.2) is 0 Å². The smallest absolute Gasteiger partial charge is 0.370 e. The predicted molar refractivity (Wildman–Crippen MR) is 54.0 cm³/mol. The van der Waals surface area contributed by atoms with Crippen molar-refractivity contribution in [3.63, 3.8) is 0 Å².